The highest BCUT2D eigenvalue weighted by atomic mass is 35.5. The first-order valence-corrected chi connectivity index (χ1v) is 6.86. The normalized spacial score (nSPS) is 10.6. The molecule has 0 aliphatic rings. The number of nitrogens with one attached hydrogen (secondary N) is 2. The number of unbranched alkanes of at least 4 members (excludes halogenated alkanes) is 1. The second-order valence-electron chi connectivity index (χ2n) is 3.97. The average molecular weight is 316 g/mol. The van der Waals surface area contributed by atoms with Gasteiger partial charge in [0.2, 0.25) is 0 Å². The second-order valence-corrected chi connectivity index (χ2v) is 4.82. The number of nitrogens with zero attached hydrogens (tertiary/aromatic N) is 1. The van der Waals surface area contributed by atoms with Gasteiger partial charge in [-0.2, -0.15) is 5.10 Å². The van der Waals surface area contributed by atoms with Crippen molar-refractivity contribution >= 4 is 41.2 Å². The van der Waals surface area contributed by atoms with Gasteiger partial charge in [0, 0.05) is 17.1 Å². The summed E-state index contributed by atoms with van der Waals surface area (Å²) in [5.74, 6) is -1.53. The molecule has 5 nitrogen and oxygen atoms in total. The Morgan fingerprint density at radius 1 is 1.30 bits per heavy atom. The Bertz CT molecular complexity index is 518. The molecule has 2 N–H and O–H groups in total. The molecule has 0 saturated carbocycles. The van der Waals surface area contributed by atoms with Crippen molar-refractivity contribution in [3.63, 3.8) is 0 Å². The molecular formula is C13H15Cl2N3O2. The summed E-state index contributed by atoms with van der Waals surface area (Å²) in [6, 6.07) is 4.86. The largest absolute Gasteiger partial charge is 0.348 e. The molecule has 0 bridgehead atoms. The van der Waals surface area contributed by atoms with Crippen LogP contribution in [-0.4, -0.2) is 24.6 Å². The van der Waals surface area contributed by atoms with Crippen LogP contribution in [-0.2, 0) is 9.59 Å². The van der Waals surface area contributed by atoms with Gasteiger partial charge in [0.05, 0.1) is 11.2 Å². The molecule has 1 aromatic rings. The Hall–Kier alpha value is -1.59. The van der Waals surface area contributed by atoms with Crippen molar-refractivity contribution in [2.24, 2.45) is 5.10 Å². The van der Waals surface area contributed by atoms with Gasteiger partial charge in [-0.15, -0.1) is 0 Å². The summed E-state index contributed by atoms with van der Waals surface area (Å²) in [7, 11) is 0. The Morgan fingerprint density at radius 2 is 2.05 bits per heavy atom. The molecule has 0 aliphatic carbocycles. The van der Waals surface area contributed by atoms with Gasteiger partial charge in [-0.25, -0.2) is 5.43 Å². The first-order valence-electron chi connectivity index (χ1n) is 6.11. The van der Waals surface area contributed by atoms with Crippen molar-refractivity contribution in [2.45, 2.75) is 19.8 Å². The van der Waals surface area contributed by atoms with E-state index in [0.29, 0.717) is 22.2 Å². The van der Waals surface area contributed by atoms with Gasteiger partial charge in [-0.3, -0.25) is 9.59 Å². The Kier molecular flexibility index (Phi) is 7.04. The molecule has 108 valence electrons. The van der Waals surface area contributed by atoms with Gasteiger partial charge in [-0.1, -0.05) is 42.6 Å². The fraction of sp³-hybridized carbons (Fsp3) is 0.308. The van der Waals surface area contributed by atoms with Gasteiger partial charge >= 0.3 is 11.8 Å². The van der Waals surface area contributed by atoms with Gasteiger partial charge < -0.3 is 5.32 Å². The van der Waals surface area contributed by atoms with Crippen LogP contribution in [0.15, 0.2) is 23.3 Å². The van der Waals surface area contributed by atoms with Gasteiger partial charge in [0.25, 0.3) is 0 Å². The zero-order valence-electron chi connectivity index (χ0n) is 11.0. The van der Waals surface area contributed by atoms with Gasteiger partial charge in [0.15, 0.2) is 0 Å². The lowest BCUT2D eigenvalue weighted by Crippen LogP contribution is -2.38. The third-order valence-corrected chi connectivity index (χ3v) is 2.92. The van der Waals surface area contributed by atoms with Crippen LogP contribution < -0.4 is 10.7 Å². The number of hydrogen-bond donors (Lipinski definition) is 2. The predicted molar refractivity (Wildman–Crippen MR) is 80.1 cm³/mol. The van der Waals surface area contributed by atoms with E-state index in [9.17, 15) is 9.59 Å². The summed E-state index contributed by atoms with van der Waals surface area (Å²) in [4.78, 5) is 22.7. The number of carbonyl (C=O) groups excluding carboxylic acids is 2. The third-order valence-electron chi connectivity index (χ3n) is 2.35. The predicted octanol–water partition coefficient (Wildman–Crippen LogP) is 2.36. The molecule has 1 aromatic carbocycles. The van der Waals surface area contributed by atoms with Crippen molar-refractivity contribution in [2.75, 3.05) is 6.54 Å². The van der Waals surface area contributed by atoms with Crippen molar-refractivity contribution < 1.29 is 9.59 Å². The molecule has 0 unspecified atom stereocenters. The van der Waals surface area contributed by atoms with Crippen LogP contribution in [0, 0.1) is 0 Å². The molecule has 0 fully saturated rings. The van der Waals surface area contributed by atoms with E-state index in [0.717, 1.165) is 12.8 Å². The second kappa shape index (κ2) is 8.55. The fourth-order valence-electron chi connectivity index (χ4n) is 1.28. The van der Waals surface area contributed by atoms with Crippen LogP contribution in [0.4, 0.5) is 0 Å². The quantitative estimate of drug-likeness (QED) is 0.379. The van der Waals surface area contributed by atoms with Crippen LogP contribution in [0.25, 0.3) is 0 Å². The van der Waals surface area contributed by atoms with Crippen LogP contribution in [0.5, 0.6) is 0 Å². The monoisotopic (exact) mass is 315 g/mol. The Morgan fingerprint density at radius 3 is 2.70 bits per heavy atom. The lowest BCUT2D eigenvalue weighted by Gasteiger charge is -2.02. The van der Waals surface area contributed by atoms with Crippen molar-refractivity contribution in [1.29, 1.82) is 0 Å². The van der Waals surface area contributed by atoms with E-state index in [1.165, 1.54) is 6.21 Å². The van der Waals surface area contributed by atoms with E-state index >= 15 is 0 Å². The molecule has 0 saturated heterocycles. The number of amides is 2. The van der Waals surface area contributed by atoms with Crippen molar-refractivity contribution in [1.82, 2.24) is 10.7 Å². The van der Waals surface area contributed by atoms with Crippen molar-refractivity contribution in [3.05, 3.63) is 33.8 Å². The van der Waals surface area contributed by atoms with E-state index in [1.807, 2.05) is 6.92 Å². The topological polar surface area (TPSA) is 70.6 Å². The standard InChI is InChI=1S/C13H15Cl2N3O2/c1-2-3-6-16-12(19)13(20)18-17-8-9-4-5-10(14)7-11(9)15/h4-5,7-8H,2-3,6H2,1H3,(H,16,19)(H,18,20)/b17-8+. The molecule has 7 heteroatoms. The lowest BCUT2D eigenvalue weighted by atomic mass is 10.2. The van der Waals surface area contributed by atoms with E-state index in [-0.39, 0.29) is 0 Å². The Balaban J connectivity index is 2.47. The molecule has 0 atom stereocenters. The number of hydrogen-bond acceptors (Lipinski definition) is 3. The SMILES string of the molecule is CCCCNC(=O)C(=O)N/N=C/c1ccc(Cl)cc1Cl. The zero-order chi connectivity index (χ0) is 15.0. The summed E-state index contributed by atoms with van der Waals surface area (Å²) < 4.78 is 0. The van der Waals surface area contributed by atoms with Crippen LogP contribution in [0.2, 0.25) is 10.0 Å². The number of carbonyl (C=O) groups is 2. The molecule has 0 aromatic heterocycles. The summed E-state index contributed by atoms with van der Waals surface area (Å²) in [5, 5.41) is 7.06. The number of halogens is 2. The van der Waals surface area contributed by atoms with Crippen LogP contribution in [0.3, 0.4) is 0 Å². The maximum Gasteiger partial charge on any atom is 0.329 e. The summed E-state index contributed by atoms with van der Waals surface area (Å²) in [6.45, 7) is 2.46. The minimum absolute atomic E-state index is 0.405. The van der Waals surface area contributed by atoms with Crippen LogP contribution >= 0.6 is 23.2 Å². The highest BCUT2D eigenvalue weighted by Gasteiger charge is 2.11. The maximum atomic E-state index is 11.4. The fourth-order valence-corrected chi connectivity index (χ4v) is 1.73. The van der Waals surface area contributed by atoms with E-state index in [1.54, 1.807) is 18.2 Å². The molecule has 1 rings (SSSR count). The van der Waals surface area contributed by atoms with E-state index in [4.69, 9.17) is 23.2 Å². The first-order chi connectivity index (χ1) is 9.54. The third kappa shape index (κ3) is 5.59. The molecule has 0 radical (unpaired) electrons. The highest BCUT2D eigenvalue weighted by Crippen LogP contribution is 2.19. The van der Waals surface area contributed by atoms with Gasteiger partial charge in [-0.05, 0) is 18.6 Å². The van der Waals surface area contributed by atoms with Crippen LogP contribution in [0.1, 0.15) is 25.3 Å². The average Bonchev–Trinajstić information content (AvgIpc) is 2.41. The summed E-state index contributed by atoms with van der Waals surface area (Å²) in [5.41, 5.74) is 2.71. The summed E-state index contributed by atoms with van der Waals surface area (Å²) in [6.07, 6.45) is 3.10. The molecular weight excluding hydrogens is 301 g/mol. The van der Waals surface area contributed by atoms with E-state index < -0.39 is 11.8 Å². The first kappa shape index (κ1) is 16.5. The number of benzene rings is 1. The molecule has 0 aliphatic heterocycles. The lowest BCUT2D eigenvalue weighted by molar-refractivity contribution is -0.139. The summed E-state index contributed by atoms with van der Waals surface area (Å²) >= 11 is 11.7. The Labute approximate surface area is 127 Å². The molecule has 2 amide bonds. The highest BCUT2D eigenvalue weighted by molar-refractivity contribution is 6.36. The minimum Gasteiger partial charge on any atom is -0.348 e. The zero-order valence-corrected chi connectivity index (χ0v) is 12.5. The maximum absolute atomic E-state index is 11.4. The van der Waals surface area contributed by atoms with Crippen molar-refractivity contribution in [3.8, 4) is 0 Å². The number of rotatable bonds is 5. The smallest absolute Gasteiger partial charge is 0.329 e. The molecule has 20 heavy (non-hydrogen) atoms. The number of hydrazone groups is 1. The minimum atomic E-state index is -0.817. The van der Waals surface area contributed by atoms with E-state index in [2.05, 4.69) is 15.8 Å². The molecule has 0 spiro atoms. The van der Waals surface area contributed by atoms with Gasteiger partial charge in [0.1, 0.15) is 0 Å². The molecule has 0 heterocycles.